The maximum atomic E-state index is 12.5. The predicted molar refractivity (Wildman–Crippen MR) is 92.8 cm³/mol. The maximum Gasteiger partial charge on any atom is 0.230 e. The molecule has 0 unspecified atom stereocenters. The van der Waals surface area contributed by atoms with Gasteiger partial charge in [0.05, 0.1) is 5.41 Å². The molecule has 21 heavy (non-hydrogen) atoms. The molecule has 0 atom stereocenters. The fourth-order valence-corrected chi connectivity index (χ4v) is 2.89. The van der Waals surface area contributed by atoms with Crippen LogP contribution in [0.15, 0.2) is 28.7 Å². The van der Waals surface area contributed by atoms with Crippen molar-refractivity contribution in [1.29, 1.82) is 0 Å². The average molecular weight is 376 g/mol. The highest BCUT2D eigenvalue weighted by Crippen LogP contribution is 2.26. The summed E-state index contributed by atoms with van der Waals surface area (Å²) in [7, 11) is 0. The largest absolute Gasteiger partial charge is 0.353 e. The van der Waals surface area contributed by atoms with Crippen molar-refractivity contribution in [2.45, 2.75) is 57.0 Å². The van der Waals surface area contributed by atoms with E-state index in [2.05, 4.69) is 21.2 Å². The SMILES string of the molecule is CC(C)(C(=O)NC1CCC(N)CC1)c1ccc(Br)cc1.Cl. The molecule has 0 heterocycles. The summed E-state index contributed by atoms with van der Waals surface area (Å²) >= 11 is 3.42. The minimum atomic E-state index is -0.514. The molecule has 0 aliphatic heterocycles. The van der Waals surface area contributed by atoms with E-state index in [0.717, 1.165) is 35.7 Å². The Morgan fingerprint density at radius 2 is 1.71 bits per heavy atom. The first-order valence-electron chi connectivity index (χ1n) is 7.22. The Kier molecular flexibility index (Phi) is 6.70. The Bertz CT molecular complexity index is 468. The molecule has 0 bridgehead atoms. The van der Waals surface area contributed by atoms with Crippen molar-refractivity contribution in [1.82, 2.24) is 5.32 Å². The molecule has 1 saturated carbocycles. The third-order valence-corrected chi connectivity index (χ3v) is 4.77. The second-order valence-electron chi connectivity index (χ2n) is 6.22. The van der Waals surface area contributed by atoms with Crippen LogP contribution < -0.4 is 11.1 Å². The number of hydrogen-bond donors (Lipinski definition) is 2. The molecule has 1 aliphatic rings. The lowest BCUT2D eigenvalue weighted by Crippen LogP contribution is -2.47. The first-order valence-corrected chi connectivity index (χ1v) is 8.01. The third kappa shape index (κ3) is 4.70. The first-order chi connectivity index (χ1) is 9.39. The molecular weight excluding hydrogens is 352 g/mol. The second kappa shape index (κ2) is 7.61. The van der Waals surface area contributed by atoms with Crippen LogP contribution in [0.5, 0.6) is 0 Å². The van der Waals surface area contributed by atoms with Crippen molar-refractivity contribution >= 4 is 34.2 Å². The zero-order chi connectivity index (χ0) is 14.8. The summed E-state index contributed by atoms with van der Waals surface area (Å²) < 4.78 is 1.03. The minimum Gasteiger partial charge on any atom is -0.353 e. The van der Waals surface area contributed by atoms with Crippen LogP contribution >= 0.6 is 28.3 Å². The van der Waals surface area contributed by atoms with Crippen LogP contribution in [0.3, 0.4) is 0 Å². The molecular formula is C16H24BrClN2O. The van der Waals surface area contributed by atoms with E-state index in [1.807, 2.05) is 38.1 Å². The van der Waals surface area contributed by atoms with Gasteiger partial charge in [0.15, 0.2) is 0 Å². The van der Waals surface area contributed by atoms with Gasteiger partial charge in [-0.1, -0.05) is 28.1 Å². The van der Waals surface area contributed by atoms with Crippen molar-refractivity contribution in [2.24, 2.45) is 5.73 Å². The molecule has 3 N–H and O–H groups in total. The van der Waals surface area contributed by atoms with E-state index < -0.39 is 5.41 Å². The molecule has 3 nitrogen and oxygen atoms in total. The molecule has 1 amide bonds. The van der Waals surface area contributed by atoms with Gasteiger partial charge in [0, 0.05) is 16.6 Å². The molecule has 118 valence electrons. The molecule has 1 aromatic carbocycles. The monoisotopic (exact) mass is 374 g/mol. The van der Waals surface area contributed by atoms with Crippen molar-refractivity contribution in [3.8, 4) is 0 Å². The smallest absolute Gasteiger partial charge is 0.230 e. The van der Waals surface area contributed by atoms with Crippen LogP contribution in [0.4, 0.5) is 0 Å². The summed E-state index contributed by atoms with van der Waals surface area (Å²) in [4.78, 5) is 12.5. The van der Waals surface area contributed by atoms with Gasteiger partial charge >= 0.3 is 0 Å². The highest BCUT2D eigenvalue weighted by Gasteiger charge is 2.32. The summed E-state index contributed by atoms with van der Waals surface area (Å²) in [6, 6.07) is 8.54. The zero-order valence-electron chi connectivity index (χ0n) is 12.6. The molecule has 0 saturated heterocycles. The lowest BCUT2D eigenvalue weighted by molar-refractivity contribution is -0.126. The van der Waals surface area contributed by atoms with Gasteiger partial charge in [0.2, 0.25) is 5.91 Å². The van der Waals surface area contributed by atoms with Crippen molar-refractivity contribution in [2.75, 3.05) is 0 Å². The number of hydrogen-bond acceptors (Lipinski definition) is 2. The molecule has 1 aromatic rings. The van der Waals surface area contributed by atoms with E-state index in [4.69, 9.17) is 5.73 Å². The Balaban J connectivity index is 0.00000220. The second-order valence-corrected chi connectivity index (χ2v) is 7.13. The lowest BCUT2D eigenvalue weighted by atomic mass is 9.82. The van der Waals surface area contributed by atoms with Crippen LogP contribution in [0.1, 0.15) is 45.1 Å². The molecule has 2 rings (SSSR count). The number of carbonyl (C=O) groups is 1. The van der Waals surface area contributed by atoms with Gasteiger partial charge in [0.25, 0.3) is 0 Å². The molecule has 0 aromatic heterocycles. The van der Waals surface area contributed by atoms with Crippen LogP contribution in [0.25, 0.3) is 0 Å². The number of nitrogens with one attached hydrogen (secondary N) is 1. The Morgan fingerprint density at radius 3 is 2.24 bits per heavy atom. The molecule has 0 spiro atoms. The fourth-order valence-electron chi connectivity index (χ4n) is 2.63. The first kappa shape index (κ1) is 18.5. The van der Waals surface area contributed by atoms with Crippen molar-refractivity contribution in [3.05, 3.63) is 34.3 Å². The van der Waals surface area contributed by atoms with Crippen LogP contribution in [-0.2, 0) is 10.2 Å². The number of rotatable bonds is 3. The minimum absolute atomic E-state index is 0. The highest BCUT2D eigenvalue weighted by atomic mass is 79.9. The number of benzene rings is 1. The number of carbonyl (C=O) groups excluding carboxylic acids is 1. The average Bonchev–Trinajstić information content (AvgIpc) is 2.42. The highest BCUT2D eigenvalue weighted by molar-refractivity contribution is 9.10. The lowest BCUT2D eigenvalue weighted by Gasteiger charge is -2.31. The molecule has 5 heteroatoms. The van der Waals surface area contributed by atoms with Crippen LogP contribution in [0.2, 0.25) is 0 Å². The van der Waals surface area contributed by atoms with Crippen molar-refractivity contribution in [3.63, 3.8) is 0 Å². The predicted octanol–water partition coefficient (Wildman–Crippen LogP) is 3.53. The Labute approximate surface area is 141 Å². The molecule has 0 radical (unpaired) electrons. The maximum absolute atomic E-state index is 12.5. The van der Waals surface area contributed by atoms with Crippen molar-refractivity contribution < 1.29 is 4.79 Å². The van der Waals surface area contributed by atoms with E-state index in [1.165, 1.54) is 0 Å². The third-order valence-electron chi connectivity index (χ3n) is 4.24. The van der Waals surface area contributed by atoms with Gasteiger partial charge in [0.1, 0.15) is 0 Å². The van der Waals surface area contributed by atoms with Crippen LogP contribution in [-0.4, -0.2) is 18.0 Å². The van der Waals surface area contributed by atoms with E-state index in [-0.39, 0.29) is 24.4 Å². The fraction of sp³-hybridized carbons (Fsp3) is 0.562. The molecule has 1 fully saturated rings. The van der Waals surface area contributed by atoms with E-state index in [0.29, 0.717) is 6.04 Å². The number of nitrogens with two attached hydrogens (primary N) is 1. The van der Waals surface area contributed by atoms with E-state index in [9.17, 15) is 4.79 Å². The van der Waals surface area contributed by atoms with Gasteiger partial charge in [-0.15, -0.1) is 12.4 Å². The summed E-state index contributed by atoms with van der Waals surface area (Å²) in [6.07, 6.45) is 3.99. The van der Waals surface area contributed by atoms with Gasteiger partial charge in [-0.25, -0.2) is 0 Å². The summed E-state index contributed by atoms with van der Waals surface area (Å²) in [5.74, 6) is 0.0975. The van der Waals surface area contributed by atoms with E-state index >= 15 is 0 Å². The quantitative estimate of drug-likeness (QED) is 0.849. The number of amides is 1. The van der Waals surface area contributed by atoms with Gasteiger partial charge < -0.3 is 11.1 Å². The summed E-state index contributed by atoms with van der Waals surface area (Å²) in [6.45, 7) is 3.94. The zero-order valence-corrected chi connectivity index (χ0v) is 15.0. The molecule has 1 aliphatic carbocycles. The standard InChI is InChI=1S/C16H23BrN2O.ClH/c1-16(2,11-3-5-12(17)6-4-11)15(20)19-14-9-7-13(18)8-10-14;/h3-6,13-14H,7-10,18H2,1-2H3,(H,19,20);1H. The Morgan fingerprint density at radius 1 is 1.19 bits per heavy atom. The van der Waals surface area contributed by atoms with Gasteiger partial charge in [-0.3, -0.25) is 4.79 Å². The van der Waals surface area contributed by atoms with Gasteiger partial charge in [-0.2, -0.15) is 0 Å². The number of halogens is 2. The Hall–Kier alpha value is -0.580. The van der Waals surface area contributed by atoms with E-state index in [1.54, 1.807) is 0 Å². The normalized spacial score (nSPS) is 22.3. The van der Waals surface area contributed by atoms with Gasteiger partial charge in [-0.05, 0) is 57.2 Å². The van der Waals surface area contributed by atoms with Crippen LogP contribution in [0, 0.1) is 0 Å². The summed E-state index contributed by atoms with van der Waals surface area (Å²) in [5.41, 5.74) is 6.42. The summed E-state index contributed by atoms with van der Waals surface area (Å²) in [5, 5.41) is 3.19. The topological polar surface area (TPSA) is 55.1 Å².